The molecule has 1 aliphatic rings. The van der Waals surface area contributed by atoms with Gasteiger partial charge in [0.05, 0.1) is 39.4 Å². The van der Waals surface area contributed by atoms with Gasteiger partial charge in [0.1, 0.15) is 0 Å². The first-order valence-corrected chi connectivity index (χ1v) is 9.38. The van der Waals surface area contributed by atoms with Crippen molar-refractivity contribution in [2.24, 2.45) is 0 Å². The summed E-state index contributed by atoms with van der Waals surface area (Å²) in [6.45, 7) is 1.94. The quantitative estimate of drug-likeness (QED) is 0.705. The molecule has 9 heteroatoms. The third kappa shape index (κ3) is 4.86. The zero-order chi connectivity index (χ0) is 20.8. The highest BCUT2D eigenvalue weighted by Gasteiger charge is 2.33. The van der Waals surface area contributed by atoms with Gasteiger partial charge in [-0.2, -0.15) is 0 Å². The van der Waals surface area contributed by atoms with Crippen LogP contribution in [-0.4, -0.2) is 67.2 Å². The molecule has 156 valence electrons. The van der Waals surface area contributed by atoms with Crippen LogP contribution in [0.15, 0.2) is 35.0 Å². The van der Waals surface area contributed by atoms with Gasteiger partial charge in [0, 0.05) is 38.3 Å². The molecule has 0 unspecified atom stereocenters. The predicted molar refractivity (Wildman–Crippen MR) is 104 cm³/mol. The second-order valence-corrected chi connectivity index (χ2v) is 6.86. The van der Waals surface area contributed by atoms with Crippen molar-refractivity contribution in [3.63, 3.8) is 0 Å². The number of carbonyl (C=O) groups is 2. The molecule has 1 atom stereocenters. The highest BCUT2D eigenvalue weighted by Crippen LogP contribution is 2.32. The molecule has 1 aromatic heterocycles. The van der Waals surface area contributed by atoms with E-state index in [1.165, 1.54) is 11.1 Å². The number of methoxy groups -OCH3 is 2. The van der Waals surface area contributed by atoms with E-state index in [9.17, 15) is 9.59 Å². The third-order valence-electron chi connectivity index (χ3n) is 4.98. The second-order valence-electron chi connectivity index (χ2n) is 6.86. The number of piperazine rings is 1. The summed E-state index contributed by atoms with van der Waals surface area (Å²) in [4.78, 5) is 28.8. The van der Waals surface area contributed by atoms with E-state index in [4.69, 9.17) is 14.0 Å². The number of carbonyl (C=O) groups excluding carboxylic acids is 2. The first kappa shape index (κ1) is 20.7. The number of rotatable bonds is 8. The first-order chi connectivity index (χ1) is 14.0. The van der Waals surface area contributed by atoms with Gasteiger partial charge < -0.3 is 24.2 Å². The molecule has 29 heavy (non-hydrogen) atoms. The van der Waals surface area contributed by atoms with Crippen LogP contribution in [0.5, 0.6) is 11.5 Å². The normalized spacial score (nSPS) is 16.9. The Hall–Kier alpha value is -3.07. The van der Waals surface area contributed by atoms with Crippen LogP contribution in [0.2, 0.25) is 0 Å². The Bertz CT molecular complexity index is 839. The minimum absolute atomic E-state index is 0.0722. The molecule has 2 aromatic rings. The molecule has 0 aliphatic carbocycles. The van der Waals surface area contributed by atoms with Gasteiger partial charge in [-0.3, -0.25) is 14.5 Å². The number of aromatic nitrogens is 1. The highest BCUT2D eigenvalue weighted by atomic mass is 16.5. The molecule has 3 rings (SSSR count). The van der Waals surface area contributed by atoms with Crippen LogP contribution in [-0.2, 0) is 22.7 Å². The Labute approximate surface area is 169 Å². The maximum Gasteiger partial charge on any atom is 0.237 e. The monoisotopic (exact) mass is 402 g/mol. The second kappa shape index (κ2) is 9.42. The molecular formula is C20H26N4O5. The van der Waals surface area contributed by atoms with E-state index in [0.29, 0.717) is 43.4 Å². The first-order valence-electron chi connectivity index (χ1n) is 9.38. The van der Waals surface area contributed by atoms with Crippen LogP contribution in [0, 0.1) is 0 Å². The van der Waals surface area contributed by atoms with Crippen molar-refractivity contribution in [3.8, 4) is 11.5 Å². The van der Waals surface area contributed by atoms with Crippen LogP contribution in [0.1, 0.15) is 17.7 Å². The van der Waals surface area contributed by atoms with Gasteiger partial charge in [-0.15, -0.1) is 0 Å². The molecule has 1 aromatic carbocycles. The Balaban J connectivity index is 1.72. The van der Waals surface area contributed by atoms with E-state index >= 15 is 0 Å². The van der Waals surface area contributed by atoms with Crippen molar-refractivity contribution < 1.29 is 23.6 Å². The molecule has 0 radical (unpaired) electrons. The molecule has 1 aliphatic heterocycles. The van der Waals surface area contributed by atoms with E-state index in [2.05, 4.69) is 10.5 Å². The fourth-order valence-corrected chi connectivity index (χ4v) is 3.44. The van der Waals surface area contributed by atoms with E-state index < -0.39 is 6.04 Å². The maximum atomic E-state index is 12.7. The van der Waals surface area contributed by atoms with Crippen LogP contribution in [0.3, 0.4) is 0 Å². The molecule has 0 saturated carbocycles. The third-order valence-corrected chi connectivity index (χ3v) is 4.98. The van der Waals surface area contributed by atoms with Crippen molar-refractivity contribution in [3.05, 3.63) is 41.8 Å². The Morgan fingerprint density at radius 2 is 2.17 bits per heavy atom. The SMILES string of the molecule is COc1cccc(CN2CCNC(=O)[C@H]2CC(=O)N(C)Cc2ccno2)c1OC. The maximum absolute atomic E-state index is 12.7. The van der Waals surface area contributed by atoms with Crippen molar-refractivity contribution in [1.82, 2.24) is 20.3 Å². The van der Waals surface area contributed by atoms with Crippen molar-refractivity contribution in [1.29, 1.82) is 0 Å². The zero-order valence-electron chi connectivity index (χ0n) is 16.9. The minimum atomic E-state index is -0.565. The summed E-state index contributed by atoms with van der Waals surface area (Å²) in [5.41, 5.74) is 0.897. The summed E-state index contributed by atoms with van der Waals surface area (Å²) in [5.74, 6) is 1.55. The van der Waals surface area contributed by atoms with Gasteiger partial charge >= 0.3 is 0 Å². The molecule has 1 fully saturated rings. The lowest BCUT2D eigenvalue weighted by molar-refractivity contribution is -0.138. The smallest absolute Gasteiger partial charge is 0.237 e. The van der Waals surface area contributed by atoms with Gasteiger partial charge in [-0.25, -0.2) is 0 Å². The highest BCUT2D eigenvalue weighted by molar-refractivity contribution is 5.88. The summed E-state index contributed by atoms with van der Waals surface area (Å²) < 4.78 is 15.9. The van der Waals surface area contributed by atoms with E-state index in [1.807, 2.05) is 23.1 Å². The van der Waals surface area contributed by atoms with Crippen LogP contribution < -0.4 is 14.8 Å². The van der Waals surface area contributed by atoms with Gasteiger partial charge in [0.25, 0.3) is 0 Å². The summed E-state index contributed by atoms with van der Waals surface area (Å²) >= 11 is 0. The molecule has 0 spiro atoms. The lowest BCUT2D eigenvalue weighted by atomic mass is 10.1. The number of hydrogen-bond donors (Lipinski definition) is 1. The van der Waals surface area contributed by atoms with Crippen LogP contribution in [0.25, 0.3) is 0 Å². The van der Waals surface area contributed by atoms with Gasteiger partial charge in [0.2, 0.25) is 11.8 Å². The van der Waals surface area contributed by atoms with Crippen LogP contribution >= 0.6 is 0 Å². The summed E-state index contributed by atoms with van der Waals surface area (Å²) in [7, 11) is 4.85. The van der Waals surface area contributed by atoms with Crippen molar-refractivity contribution >= 4 is 11.8 Å². The van der Waals surface area contributed by atoms with Gasteiger partial charge in [-0.1, -0.05) is 17.3 Å². The Morgan fingerprint density at radius 3 is 2.86 bits per heavy atom. The van der Waals surface area contributed by atoms with E-state index in [1.54, 1.807) is 27.3 Å². The number of hydrogen-bond acceptors (Lipinski definition) is 7. The zero-order valence-corrected chi connectivity index (χ0v) is 16.9. The number of benzene rings is 1. The number of ether oxygens (including phenoxy) is 2. The molecule has 2 heterocycles. The molecule has 9 nitrogen and oxygen atoms in total. The largest absolute Gasteiger partial charge is 0.493 e. The van der Waals surface area contributed by atoms with E-state index in [0.717, 1.165) is 5.56 Å². The number of amides is 2. The number of para-hydroxylation sites is 1. The average molecular weight is 402 g/mol. The Kier molecular flexibility index (Phi) is 6.71. The summed E-state index contributed by atoms with van der Waals surface area (Å²) in [6, 6.07) is 6.78. The lowest BCUT2D eigenvalue weighted by Gasteiger charge is -2.35. The average Bonchev–Trinajstić information content (AvgIpc) is 3.23. The fraction of sp³-hybridized carbons (Fsp3) is 0.450. The number of nitrogens with one attached hydrogen (secondary N) is 1. The number of nitrogens with zero attached hydrogens (tertiary/aromatic N) is 3. The fourth-order valence-electron chi connectivity index (χ4n) is 3.44. The molecule has 1 saturated heterocycles. The minimum Gasteiger partial charge on any atom is -0.493 e. The van der Waals surface area contributed by atoms with Gasteiger partial charge in [-0.05, 0) is 6.07 Å². The molecule has 2 amide bonds. The van der Waals surface area contributed by atoms with Crippen LogP contribution in [0.4, 0.5) is 0 Å². The van der Waals surface area contributed by atoms with Crippen molar-refractivity contribution in [2.75, 3.05) is 34.4 Å². The molecule has 0 bridgehead atoms. The molecule has 1 N–H and O–H groups in total. The molecular weight excluding hydrogens is 376 g/mol. The lowest BCUT2D eigenvalue weighted by Crippen LogP contribution is -2.56. The predicted octanol–water partition coefficient (Wildman–Crippen LogP) is 1.04. The summed E-state index contributed by atoms with van der Waals surface area (Å²) in [6.07, 6.45) is 1.61. The topological polar surface area (TPSA) is 97.1 Å². The van der Waals surface area contributed by atoms with Gasteiger partial charge in [0.15, 0.2) is 17.3 Å². The van der Waals surface area contributed by atoms with E-state index in [-0.39, 0.29) is 18.2 Å². The van der Waals surface area contributed by atoms with Crippen molar-refractivity contribution in [2.45, 2.75) is 25.6 Å². The standard InChI is InChI=1S/C20H26N4O5/c1-23(13-15-7-8-22-29-15)18(25)11-16-20(26)21-9-10-24(16)12-14-5-4-6-17(27-2)19(14)28-3/h4-8,16H,9-13H2,1-3H3,(H,21,26)/t16-/m1/s1. The Morgan fingerprint density at radius 1 is 1.34 bits per heavy atom. The summed E-state index contributed by atoms with van der Waals surface area (Å²) in [5, 5.41) is 6.50.